The van der Waals surface area contributed by atoms with E-state index in [1.165, 1.54) is 17.0 Å². The van der Waals surface area contributed by atoms with Crippen LogP contribution in [0.1, 0.15) is 21.6 Å². The number of likely N-dealkylation sites (tertiary alicyclic amines) is 1. The molecule has 0 aliphatic carbocycles. The normalized spacial score (nSPS) is 15.4. The number of hydrogen-bond acceptors (Lipinski definition) is 3. The largest absolute Gasteiger partial charge is 0.471 e. The van der Waals surface area contributed by atoms with Gasteiger partial charge < -0.3 is 9.64 Å². The lowest BCUT2D eigenvalue weighted by molar-refractivity contribution is -0.141. The Bertz CT molecular complexity index is 844. The summed E-state index contributed by atoms with van der Waals surface area (Å²) in [4.78, 5) is 16.8. The van der Waals surface area contributed by atoms with Gasteiger partial charge in [0, 0.05) is 11.6 Å². The maximum atomic E-state index is 12.7. The average Bonchev–Trinajstić information content (AvgIpc) is 2.56. The van der Waals surface area contributed by atoms with Crippen molar-refractivity contribution in [3.63, 3.8) is 0 Å². The lowest BCUT2D eigenvalue weighted by Gasteiger charge is -2.38. The number of aromatic nitrogens is 1. The Labute approximate surface area is 149 Å². The van der Waals surface area contributed by atoms with E-state index in [4.69, 9.17) is 4.74 Å². The lowest BCUT2D eigenvalue weighted by Crippen LogP contribution is -2.56. The topological polar surface area (TPSA) is 42.4 Å². The summed E-state index contributed by atoms with van der Waals surface area (Å²) in [6.07, 6.45) is -9.76. The first-order chi connectivity index (χ1) is 12.5. The molecule has 1 aromatic carbocycles. The zero-order valence-electron chi connectivity index (χ0n) is 13.5. The minimum atomic E-state index is -4.61. The third-order valence-electron chi connectivity index (χ3n) is 3.87. The Balaban J connectivity index is 1.61. The van der Waals surface area contributed by atoms with Gasteiger partial charge in [0.05, 0.1) is 18.7 Å². The van der Waals surface area contributed by atoms with Gasteiger partial charge in [0.2, 0.25) is 5.88 Å². The summed E-state index contributed by atoms with van der Waals surface area (Å²) in [5, 5.41) is 0. The molecular formula is C17H12F6N2O2. The number of amides is 1. The molecule has 0 N–H and O–H groups in total. The van der Waals surface area contributed by atoms with E-state index in [0.29, 0.717) is 0 Å². The monoisotopic (exact) mass is 390 g/mol. The molecule has 10 heteroatoms. The van der Waals surface area contributed by atoms with Gasteiger partial charge >= 0.3 is 12.4 Å². The van der Waals surface area contributed by atoms with Gasteiger partial charge in [0.1, 0.15) is 11.8 Å². The van der Waals surface area contributed by atoms with Crippen LogP contribution in [0, 0.1) is 0 Å². The van der Waals surface area contributed by atoms with Crippen molar-refractivity contribution < 1.29 is 35.9 Å². The molecule has 144 valence electrons. The van der Waals surface area contributed by atoms with Gasteiger partial charge in [-0.05, 0) is 24.3 Å². The summed E-state index contributed by atoms with van der Waals surface area (Å²) in [5.41, 5.74) is -2.16. The van der Waals surface area contributed by atoms with Crippen molar-refractivity contribution in [2.24, 2.45) is 0 Å². The predicted molar refractivity (Wildman–Crippen MR) is 81.0 cm³/mol. The number of ether oxygens (including phenoxy) is 1. The first kappa shape index (κ1) is 19.0. The predicted octanol–water partition coefficient (Wildman–Crippen LogP) is 4.02. The number of carbonyl (C=O) groups is 1. The molecule has 0 saturated carbocycles. The molecule has 1 saturated heterocycles. The Hall–Kier alpha value is -2.78. The molecule has 4 nitrogen and oxygen atoms in total. The van der Waals surface area contributed by atoms with E-state index in [-0.39, 0.29) is 24.5 Å². The molecule has 0 atom stereocenters. The van der Waals surface area contributed by atoms with Crippen LogP contribution in [0.2, 0.25) is 0 Å². The van der Waals surface area contributed by atoms with Crippen molar-refractivity contribution in [2.75, 3.05) is 13.1 Å². The van der Waals surface area contributed by atoms with Crippen LogP contribution in [0.3, 0.4) is 0 Å². The smallest absolute Gasteiger partial charge is 0.433 e. The molecule has 1 aromatic heterocycles. The number of hydrogen-bond donors (Lipinski definition) is 0. The van der Waals surface area contributed by atoms with E-state index in [1.54, 1.807) is 0 Å². The van der Waals surface area contributed by atoms with E-state index in [1.807, 2.05) is 0 Å². The first-order valence-corrected chi connectivity index (χ1v) is 7.71. The molecule has 1 fully saturated rings. The second kappa shape index (κ2) is 6.75. The van der Waals surface area contributed by atoms with Crippen LogP contribution in [0.15, 0.2) is 42.5 Å². The maximum Gasteiger partial charge on any atom is 0.433 e. The van der Waals surface area contributed by atoms with Crippen molar-refractivity contribution in [1.82, 2.24) is 9.88 Å². The maximum absolute atomic E-state index is 12.7. The summed E-state index contributed by atoms with van der Waals surface area (Å²) in [5.74, 6) is -0.848. The molecule has 2 aromatic rings. The molecule has 3 rings (SSSR count). The highest BCUT2D eigenvalue weighted by Gasteiger charge is 2.36. The van der Waals surface area contributed by atoms with Gasteiger partial charge in [0.15, 0.2) is 0 Å². The summed E-state index contributed by atoms with van der Waals surface area (Å²) in [6.45, 7) is 0.0695. The zero-order chi connectivity index (χ0) is 19.8. The van der Waals surface area contributed by atoms with Crippen LogP contribution in [-0.2, 0) is 12.4 Å². The highest BCUT2D eigenvalue weighted by atomic mass is 19.4. The Morgan fingerprint density at radius 1 is 1.00 bits per heavy atom. The lowest BCUT2D eigenvalue weighted by atomic mass is 10.1. The Morgan fingerprint density at radius 2 is 1.67 bits per heavy atom. The second-order valence-corrected chi connectivity index (χ2v) is 5.89. The first-order valence-electron chi connectivity index (χ1n) is 7.71. The standard InChI is InChI=1S/C17H12F6N2O2/c18-16(19,20)11-4-1-3-10(7-11)15(26)25-8-12(9-25)27-14-6-2-5-13(24-14)17(21,22)23/h1-7,12H,8-9H2. The van der Waals surface area contributed by atoms with Crippen LogP contribution in [-0.4, -0.2) is 35.0 Å². The van der Waals surface area contributed by atoms with Crippen LogP contribution >= 0.6 is 0 Å². The average molecular weight is 390 g/mol. The minimum absolute atomic E-state index is 0.0347. The highest BCUT2D eigenvalue weighted by Crippen LogP contribution is 2.31. The molecule has 2 heterocycles. The fraction of sp³-hybridized carbons (Fsp3) is 0.294. The van der Waals surface area contributed by atoms with Gasteiger partial charge in [-0.1, -0.05) is 12.1 Å². The van der Waals surface area contributed by atoms with Crippen molar-refractivity contribution in [2.45, 2.75) is 18.5 Å². The molecule has 27 heavy (non-hydrogen) atoms. The van der Waals surface area contributed by atoms with Crippen molar-refractivity contribution in [3.8, 4) is 5.88 Å². The van der Waals surface area contributed by atoms with Crippen LogP contribution < -0.4 is 4.74 Å². The van der Waals surface area contributed by atoms with Crippen molar-refractivity contribution in [1.29, 1.82) is 0 Å². The van der Waals surface area contributed by atoms with Gasteiger partial charge in [0.25, 0.3) is 5.91 Å². The van der Waals surface area contributed by atoms with Gasteiger partial charge in [-0.15, -0.1) is 0 Å². The van der Waals surface area contributed by atoms with Gasteiger partial charge in [-0.3, -0.25) is 4.79 Å². The summed E-state index contributed by atoms with van der Waals surface area (Å²) in [7, 11) is 0. The second-order valence-electron chi connectivity index (χ2n) is 5.89. The molecule has 0 spiro atoms. The number of halogens is 6. The van der Waals surface area contributed by atoms with E-state index in [2.05, 4.69) is 4.98 Å². The van der Waals surface area contributed by atoms with Gasteiger partial charge in [-0.25, -0.2) is 4.98 Å². The quantitative estimate of drug-likeness (QED) is 0.744. The van der Waals surface area contributed by atoms with Crippen molar-refractivity contribution in [3.05, 3.63) is 59.3 Å². The fourth-order valence-electron chi connectivity index (χ4n) is 2.50. The zero-order valence-corrected chi connectivity index (χ0v) is 13.5. The Morgan fingerprint density at radius 3 is 2.30 bits per heavy atom. The summed E-state index contributed by atoms with van der Waals surface area (Å²) < 4.78 is 81.3. The van der Waals surface area contributed by atoms with E-state index >= 15 is 0 Å². The summed E-state index contributed by atoms with van der Waals surface area (Å²) in [6, 6.07) is 7.22. The molecular weight excluding hydrogens is 378 g/mol. The van der Waals surface area contributed by atoms with Crippen LogP contribution in [0.4, 0.5) is 26.3 Å². The number of benzene rings is 1. The van der Waals surface area contributed by atoms with E-state index in [0.717, 1.165) is 30.3 Å². The van der Waals surface area contributed by atoms with Crippen LogP contribution in [0.25, 0.3) is 0 Å². The molecule has 1 aliphatic rings. The number of pyridine rings is 1. The highest BCUT2D eigenvalue weighted by molar-refractivity contribution is 5.95. The van der Waals surface area contributed by atoms with Crippen molar-refractivity contribution >= 4 is 5.91 Å². The fourth-order valence-corrected chi connectivity index (χ4v) is 2.50. The molecule has 1 amide bonds. The Kier molecular flexibility index (Phi) is 4.75. The van der Waals surface area contributed by atoms with E-state index < -0.39 is 35.6 Å². The molecule has 0 unspecified atom stereocenters. The molecule has 0 bridgehead atoms. The van der Waals surface area contributed by atoms with Crippen LogP contribution in [0.5, 0.6) is 5.88 Å². The number of nitrogens with zero attached hydrogens (tertiary/aromatic N) is 2. The summed E-state index contributed by atoms with van der Waals surface area (Å²) >= 11 is 0. The third kappa shape index (κ3) is 4.32. The third-order valence-corrected chi connectivity index (χ3v) is 3.87. The number of carbonyl (C=O) groups excluding carboxylic acids is 1. The van der Waals surface area contributed by atoms with Gasteiger partial charge in [-0.2, -0.15) is 26.3 Å². The number of rotatable bonds is 3. The SMILES string of the molecule is O=C(c1cccc(C(F)(F)F)c1)N1CC(Oc2cccc(C(F)(F)F)n2)C1. The molecule has 0 radical (unpaired) electrons. The molecule has 1 aliphatic heterocycles. The number of alkyl halides is 6. The minimum Gasteiger partial charge on any atom is -0.471 e. The van der Waals surface area contributed by atoms with E-state index in [9.17, 15) is 31.1 Å².